The highest BCUT2D eigenvalue weighted by Gasteiger charge is 2.59. The van der Waals surface area contributed by atoms with E-state index in [4.69, 9.17) is 0 Å². The first kappa shape index (κ1) is 7.28. The molecule has 0 aromatic carbocycles. The van der Waals surface area contributed by atoms with Gasteiger partial charge in [0.05, 0.1) is 0 Å². The fourth-order valence-electron chi connectivity index (χ4n) is 4.32. The molecule has 0 N–H and O–H groups in total. The van der Waals surface area contributed by atoms with Gasteiger partial charge in [0.1, 0.15) is 0 Å². The monoisotopic (exact) mass is 182 g/mol. The molecule has 0 heterocycles. The van der Waals surface area contributed by atoms with Gasteiger partial charge in [0.2, 0.25) is 0 Å². The van der Waals surface area contributed by atoms with Gasteiger partial charge >= 0.3 is 0 Å². The van der Waals surface area contributed by atoms with Crippen molar-refractivity contribution in [1.82, 2.24) is 0 Å². The third kappa shape index (κ3) is 0.538. The predicted molar refractivity (Wildman–Crippen MR) is 57.5 cm³/mol. The molecule has 70 valence electrons. The van der Waals surface area contributed by atoms with Crippen LogP contribution >= 0.6 is 0 Å². The van der Waals surface area contributed by atoms with Crippen molar-refractivity contribution in [2.24, 2.45) is 35.5 Å². The molecule has 0 radical (unpaired) electrons. The first-order valence-electron chi connectivity index (χ1n) is 5.53. The van der Waals surface area contributed by atoms with Gasteiger partial charge in [-0.15, -0.1) is 0 Å². The number of hydrogen-bond acceptors (Lipinski definition) is 0. The molecule has 0 amide bonds. The van der Waals surface area contributed by atoms with Crippen molar-refractivity contribution in [3.63, 3.8) is 0 Å². The molecule has 0 bridgehead atoms. The van der Waals surface area contributed by atoms with Crippen LogP contribution in [0, 0.1) is 35.5 Å². The Kier molecular flexibility index (Phi) is 1.03. The summed E-state index contributed by atoms with van der Waals surface area (Å²) in [5, 5.41) is 0. The summed E-state index contributed by atoms with van der Waals surface area (Å²) in [6.45, 7) is 8.57. The zero-order valence-electron chi connectivity index (χ0n) is 8.19. The third-order valence-electron chi connectivity index (χ3n) is 4.87. The predicted octanol–water partition coefficient (Wildman–Crippen LogP) is 2.96. The van der Waals surface area contributed by atoms with Crippen LogP contribution in [-0.4, -0.2) is 0 Å². The average Bonchev–Trinajstić information content (AvgIpc) is 2.83. The summed E-state index contributed by atoms with van der Waals surface area (Å²) in [7, 11) is 0. The van der Waals surface area contributed by atoms with Gasteiger partial charge in [-0.25, -0.2) is 0 Å². The Hall–Kier alpha value is -1.04. The second-order valence-corrected chi connectivity index (χ2v) is 5.18. The lowest BCUT2D eigenvalue weighted by atomic mass is 9.88. The minimum Gasteiger partial charge on any atom is -0.0986 e. The van der Waals surface area contributed by atoms with Crippen molar-refractivity contribution in [1.29, 1.82) is 0 Å². The molecule has 0 aromatic rings. The fourth-order valence-corrected chi connectivity index (χ4v) is 4.32. The maximum absolute atomic E-state index is 4.29. The van der Waals surface area contributed by atoms with Crippen molar-refractivity contribution in [3.8, 4) is 0 Å². The van der Waals surface area contributed by atoms with Crippen LogP contribution in [0.25, 0.3) is 0 Å². The van der Waals surface area contributed by atoms with E-state index in [0.717, 1.165) is 11.8 Å². The molecule has 0 aliphatic heterocycles. The van der Waals surface area contributed by atoms with Crippen molar-refractivity contribution in [2.75, 3.05) is 0 Å². The molecule has 0 spiro atoms. The van der Waals surface area contributed by atoms with Crippen LogP contribution in [0.3, 0.4) is 0 Å². The van der Waals surface area contributed by atoms with Crippen molar-refractivity contribution in [3.05, 3.63) is 48.6 Å². The van der Waals surface area contributed by atoms with E-state index in [0.29, 0.717) is 23.7 Å². The molecule has 14 heavy (non-hydrogen) atoms. The Labute approximate surface area is 84.7 Å². The van der Waals surface area contributed by atoms with Gasteiger partial charge < -0.3 is 0 Å². The van der Waals surface area contributed by atoms with Crippen LogP contribution in [0.15, 0.2) is 48.6 Å². The topological polar surface area (TPSA) is 0 Å². The Balaban J connectivity index is 1.96. The van der Waals surface area contributed by atoms with E-state index in [1.54, 1.807) is 0 Å². The lowest BCUT2D eigenvalue weighted by Gasteiger charge is -2.14. The second kappa shape index (κ2) is 1.98. The molecule has 0 aromatic heterocycles. The largest absolute Gasteiger partial charge is 0.0986 e. The summed E-state index contributed by atoms with van der Waals surface area (Å²) >= 11 is 0. The van der Waals surface area contributed by atoms with Gasteiger partial charge in [-0.05, 0) is 11.8 Å². The molecule has 6 atom stereocenters. The highest BCUT2D eigenvalue weighted by Crippen LogP contribution is 2.66. The second-order valence-electron chi connectivity index (χ2n) is 5.18. The zero-order chi connectivity index (χ0) is 9.45. The first-order valence-corrected chi connectivity index (χ1v) is 5.53. The quantitative estimate of drug-likeness (QED) is 0.505. The standard InChI is InChI=1S/C14H14/c1-7-9-3-5-11-8(2)12-6-4-10(7)14(12)13(9)11/h3-6,9-14H,1-2H2/t9-,10-,11-,12+,13?,14?/m0/s1. The Morgan fingerprint density at radius 2 is 0.929 bits per heavy atom. The Bertz CT molecular complexity index is 338. The highest BCUT2D eigenvalue weighted by atomic mass is 14.6. The summed E-state index contributed by atoms with van der Waals surface area (Å²) in [5.41, 5.74) is 2.93. The number of allylic oxidation sites excluding steroid dienone is 6. The van der Waals surface area contributed by atoms with E-state index in [1.807, 2.05) is 0 Å². The van der Waals surface area contributed by atoms with E-state index in [1.165, 1.54) is 11.1 Å². The van der Waals surface area contributed by atoms with Crippen LogP contribution < -0.4 is 0 Å². The van der Waals surface area contributed by atoms with Gasteiger partial charge in [0, 0.05) is 23.7 Å². The van der Waals surface area contributed by atoms with E-state index in [9.17, 15) is 0 Å². The van der Waals surface area contributed by atoms with E-state index in [2.05, 4.69) is 37.5 Å². The lowest BCUT2D eigenvalue weighted by molar-refractivity contribution is 0.343. The SMILES string of the molecule is C=C1[C@H]2C=C[C@H]3C(=C)[C@@H]4C=C[C@@H]1C4C23. The van der Waals surface area contributed by atoms with E-state index in [-0.39, 0.29) is 0 Å². The van der Waals surface area contributed by atoms with Crippen LogP contribution in [0.1, 0.15) is 0 Å². The van der Waals surface area contributed by atoms with Crippen LogP contribution in [0.4, 0.5) is 0 Å². The van der Waals surface area contributed by atoms with E-state index < -0.39 is 0 Å². The molecular formula is C14H14. The van der Waals surface area contributed by atoms with Gasteiger partial charge in [-0.3, -0.25) is 0 Å². The lowest BCUT2D eigenvalue weighted by Crippen LogP contribution is -2.12. The van der Waals surface area contributed by atoms with Crippen molar-refractivity contribution >= 4 is 0 Å². The molecule has 4 aliphatic carbocycles. The summed E-state index contributed by atoms with van der Waals surface area (Å²) in [4.78, 5) is 0. The Morgan fingerprint density at radius 1 is 0.643 bits per heavy atom. The van der Waals surface area contributed by atoms with Gasteiger partial charge in [0.25, 0.3) is 0 Å². The summed E-state index contributed by atoms with van der Waals surface area (Å²) < 4.78 is 0. The molecule has 4 aliphatic rings. The number of hydrogen-bond donors (Lipinski definition) is 0. The van der Waals surface area contributed by atoms with Crippen molar-refractivity contribution < 1.29 is 0 Å². The molecule has 2 saturated carbocycles. The minimum absolute atomic E-state index is 0.668. The normalized spacial score (nSPS) is 56.3. The average molecular weight is 182 g/mol. The van der Waals surface area contributed by atoms with Gasteiger partial charge in [-0.1, -0.05) is 48.6 Å². The maximum Gasteiger partial charge on any atom is 0.00206 e. The molecule has 0 saturated heterocycles. The maximum atomic E-state index is 4.29. The van der Waals surface area contributed by atoms with Crippen LogP contribution in [0.2, 0.25) is 0 Å². The van der Waals surface area contributed by atoms with Crippen molar-refractivity contribution in [2.45, 2.75) is 0 Å². The molecule has 2 fully saturated rings. The van der Waals surface area contributed by atoms with Gasteiger partial charge in [0.15, 0.2) is 0 Å². The summed E-state index contributed by atoms with van der Waals surface area (Å²) in [6, 6.07) is 0. The summed E-state index contributed by atoms with van der Waals surface area (Å²) in [6.07, 6.45) is 9.52. The minimum atomic E-state index is 0.668. The first-order chi connectivity index (χ1) is 6.79. The van der Waals surface area contributed by atoms with Gasteiger partial charge in [-0.2, -0.15) is 0 Å². The molecule has 0 heteroatoms. The van der Waals surface area contributed by atoms with E-state index >= 15 is 0 Å². The fraction of sp³-hybridized carbons (Fsp3) is 0.429. The Morgan fingerprint density at radius 3 is 1.21 bits per heavy atom. The third-order valence-corrected chi connectivity index (χ3v) is 4.87. The van der Waals surface area contributed by atoms with Crippen LogP contribution in [0.5, 0.6) is 0 Å². The summed E-state index contributed by atoms with van der Waals surface area (Å²) in [5.74, 6) is 4.31. The molecule has 2 unspecified atom stereocenters. The van der Waals surface area contributed by atoms with Crippen LogP contribution in [-0.2, 0) is 0 Å². The smallest absolute Gasteiger partial charge is 0.00206 e. The molecule has 4 rings (SSSR count). The highest BCUT2D eigenvalue weighted by molar-refractivity contribution is 5.45. The number of rotatable bonds is 0. The zero-order valence-corrected chi connectivity index (χ0v) is 8.19. The molecular weight excluding hydrogens is 168 g/mol. The molecule has 0 nitrogen and oxygen atoms in total.